The molecule has 24 heavy (non-hydrogen) atoms. The van der Waals surface area contributed by atoms with Gasteiger partial charge < -0.3 is 0 Å². The molecule has 2 rings (SSSR count). The van der Waals surface area contributed by atoms with E-state index in [4.69, 9.17) is 6.42 Å². The molecule has 0 radical (unpaired) electrons. The maximum Gasteiger partial charge on any atom is 0.261 e. The van der Waals surface area contributed by atoms with Crippen molar-refractivity contribution in [2.24, 2.45) is 0 Å². The SMILES string of the molecule is C#CCN(C)S(=O)(=O)CCCCCN1C(=O)c2ccccc2C1=O. The molecule has 0 aromatic heterocycles. The van der Waals surface area contributed by atoms with Gasteiger partial charge in [-0.2, -0.15) is 4.31 Å². The van der Waals surface area contributed by atoms with Crippen LogP contribution < -0.4 is 0 Å². The van der Waals surface area contributed by atoms with Gasteiger partial charge in [-0.15, -0.1) is 6.42 Å². The second kappa shape index (κ2) is 7.60. The minimum Gasteiger partial charge on any atom is -0.274 e. The third kappa shape index (κ3) is 3.83. The molecule has 0 atom stereocenters. The fraction of sp³-hybridized carbons (Fsp3) is 0.412. The summed E-state index contributed by atoms with van der Waals surface area (Å²) in [5.74, 6) is 1.74. The summed E-state index contributed by atoms with van der Waals surface area (Å²) in [6.45, 7) is 0.351. The Labute approximate surface area is 142 Å². The standard InChI is InChI=1S/C17H20N2O4S/c1-3-11-18(2)24(22,23)13-8-4-7-12-19-16(20)14-9-5-6-10-15(14)17(19)21/h1,5-6,9-10H,4,7-8,11-13H2,2H3. The zero-order valence-corrected chi connectivity index (χ0v) is 14.4. The van der Waals surface area contributed by atoms with Crippen LogP contribution in [0.2, 0.25) is 0 Å². The van der Waals surface area contributed by atoms with Crippen LogP contribution >= 0.6 is 0 Å². The van der Waals surface area contributed by atoms with Crippen molar-refractivity contribution in [3.8, 4) is 12.3 Å². The van der Waals surface area contributed by atoms with Gasteiger partial charge in [-0.05, 0) is 25.0 Å². The van der Waals surface area contributed by atoms with Crippen LogP contribution in [0.15, 0.2) is 24.3 Å². The fourth-order valence-electron chi connectivity index (χ4n) is 2.56. The first kappa shape index (κ1) is 18.2. The third-order valence-corrected chi connectivity index (χ3v) is 5.83. The van der Waals surface area contributed by atoms with Crippen molar-refractivity contribution in [2.45, 2.75) is 19.3 Å². The second-order valence-electron chi connectivity index (χ2n) is 5.64. The molecular weight excluding hydrogens is 328 g/mol. The number of carbonyl (C=O) groups excluding carboxylic acids is 2. The number of amides is 2. The first-order valence-electron chi connectivity index (χ1n) is 7.71. The molecule has 1 aliphatic rings. The Kier molecular flexibility index (Phi) is 5.75. The minimum absolute atomic E-state index is 0.00724. The largest absolute Gasteiger partial charge is 0.274 e. The van der Waals surface area contributed by atoms with Crippen LogP contribution in [-0.2, 0) is 10.0 Å². The number of nitrogens with zero attached hydrogens (tertiary/aromatic N) is 2. The molecule has 1 aromatic rings. The molecular formula is C17H20N2O4S. The van der Waals surface area contributed by atoms with E-state index >= 15 is 0 Å². The molecule has 0 aliphatic carbocycles. The predicted octanol–water partition coefficient (Wildman–Crippen LogP) is 1.35. The lowest BCUT2D eigenvalue weighted by molar-refractivity contribution is 0.0651. The zero-order chi connectivity index (χ0) is 17.7. The molecule has 1 aromatic carbocycles. The molecule has 0 unspecified atom stereocenters. The lowest BCUT2D eigenvalue weighted by Gasteiger charge is -2.15. The van der Waals surface area contributed by atoms with E-state index in [1.54, 1.807) is 24.3 Å². The van der Waals surface area contributed by atoms with Crippen LogP contribution in [-0.4, -0.2) is 55.3 Å². The Morgan fingerprint density at radius 3 is 2.21 bits per heavy atom. The van der Waals surface area contributed by atoms with Gasteiger partial charge in [0.05, 0.1) is 23.4 Å². The molecule has 1 heterocycles. The maximum atomic E-state index is 12.2. The topological polar surface area (TPSA) is 74.8 Å². The van der Waals surface area contributed by atoms with Gasteiger partial charge in [-0.25, -0.2) is 8.42 Å². The van der Waals surface area contributed by atoms with E-state index in [9.17, 15) is 18.0 Å². The van der Waals surface area contributed by atoms with Crippen molar-refractivity contribution in [1.82, 2.24) is 9.21 Å². The molecule has 6 nitrogen and oxygen atoms in total. The van der Waals surface area contributed by atoms with Crippen molar-refractivity contribution >= 4 is 21.8 Å². The molecule has 2 amide bonds. The van der Waals surface area contributed by atoms with E-state index in [1.807, 2.05) is 0 Å². The Balaban J connectivity index is 1.79. The molecule has 0 fully saturated rings. The van der Waals surface area contributed by atoms with Gasteiger partial charge in [0, 0.05) is 13.6 Å². The van der Waals surface area contributed by atoms with Crippen LogP contribution in [0.4, 0.5) is 0 Å². The summed E-state index contributed by atoms with van der Waals surface area (Å²) < 4.78 is 25.0. The monoisotopic (exact) mass is 348 g/mol. The number of sulfonamides is 1. The van der Waals surface area contributed by atoms with E-state index in [1.165, 1.54) is 11.9 Å². The van der Waals surface area contributed by atoms with E-state index in [-0.39, 0.29) is 24.1 Å². The molecule has 1 aliphatic heterocycles. The molecule has 0 saturated heterocycles. The van der Waals surface area contributed by atoms with E-state index in [0.29, 0.717) is 36.9 Å². The number of unbranched alkanes of at least 4 members (excludes halogenated alkanes) is 2. The van der Waals surface area contributed by atoms with E-state index in [0.717, 1.165) is 4.31 Å². The van der Waals surface area contributed by atoms with Gasteiger partial charge in [-0.1, -0.05) is 24.5 Å². The predicted molar refractivity (Wildman–Crippen MR) is 90.9 cm³/mol. The summed E-state index contributed by atoms with van der Waals surface area (Å²) in [7, 11) is -1.89. The summed E-state index contributed by atoms with van der Waals surface area (Å²) in [6, 6.07) is 6.74. The molecule has 7 heteroatoms. The first-order chi connectivity index (χ1) is 11.4. The van der Waals surface area contributed by atoms with Gasteiger partial charge in [-0.3, -0.25) is 14.5 Å². The Morgan fingerprint density at radius 1 is 1.08 bits per heavy atom. The number of hydrogen-bond donors (Lipinski definition) is 0. The number of carbonyl (C=O) groups is 2. The Morgan fingerprint density at radius 2 is 1.67 bits per heavy atom. The van der Waals surface area contributed by atoms with Crippen molar-refractivity contribution in [3.05, 3.63) is 35.4 Å². The molecule has 0 bridgehead atoms. The number of fused-ring (bicyclic) bond motifs is 1. The number of terminal acetylenes is 1. The first-order valence-corrected chi connectivity index (χ1v) is 9.32. The maximum absolute atomic E-state index is 12.2. The van der Waals surface area contributed by atoms with Gasteiger partial charge in [0.25, 0.3) is 11.8 Å². The average molecular weight is 348 g/mol. The molecule has 0 spiro atoms. The highest BCUT2D eigenvalue weighted by atomic mass is 32.2. The van der Waals surface area contributed by atoms with Gasteiger partial charge in [0.2, 0.25) is 10.0 Å². The Bertz CT molecular complexity index is 745. The Hall–Kier alpha value is -2.17. The highest BCUT2D eigenvalue weighted by Gasteiger charge is 2.34. The van der Waals surface area contributed by atoms with E-state index in [2.05, 4.69) is 5.92 Å². The number of hydrogen-bond acceptors (Lipinski definition) is 4. The number of imide groups is 1. The van der Waals surface area contributed by atoms with Crippen LogP contribution in [0.5, 0.6) is 0 Å². The number of benzene rings is 1. The van der Waals surface area contributed by atoms with Crippen molar-refractivity contribution in [1.29, 1.82) is 0 Å². The van der Waals surface area contributed by atoms with Crippen LogP contribution in [0.1, 0.15) is 40.0 Å². The van der Waals surface area contributed by atoms with Crippen molar-refractivity contribution in [2.75, 3.05) is 25.9 Å². The van der Waals surface area contributed by atoms with Crippen LogP contribution in [0, 0.1) is 12.3 Å². The summed E-state index contributed by atoms with van der Waals surface area (Å²) in [6.07, 6.45) is 6.74. The van der Waals surface area contributed by atoms with Crippen LogP contribution in [0.25, 0.3) is 0 Å². The van der Waals surface area contributed by atoms with Gasteiger partial charge in [0.1, 0.15) is 0 Å². The lowest BCUT2D eigenvalue weighted by Crippen LogP contribution is -2.31. The number of rotatable bonds is 8. The average Bonchev–Trinajstić information content (AvgIpc) is 2.80. The highest BCUT2D eigenvalue weighted by Crippen LogP contribution is 2.22. The second-order valence-corrected chi connectivity index (χ2v) is 7.84. The highest BCUT2D eigenvalue weighted by molar-refractivity contribution is 7.89. The van der Waals surface area contributed by atoms with Gasteiger partial charge >= 0.3 is 0 Å². The van der Waals surface area contributed by atoms with Gasteiger partial charge in [0.15, 0.2) is 0 Å². The summed E-state index contributed by atoms with van der Waals surface area (Å²) in [5, 5.41) is 0. The summed E-state index contributed by atoms with van der Waals surface area (Å²) >= 11 is 0. The van der Waals surface area contributed by atoms with E-state index < -0.39 is 10.0 Å². The lowest BCUT2D eigenvalue weighted by atomic mass is 10.1. The third-order valence-electron chi connectivity index (χ3n) is 3.95. The van der Waals surface area contributed by atoms with Crippen molar-refractivity contribution in [3.63, 3.8) is 0 Å². The van der Waals surface area contributed by atoms with Crippen LogP contribution in [0.3, 0.4) is 0 Å². The summed E-state index contributed by atoms with van der Waals surface area (Å²) in [5.41, 5.74) is 0.863. The zero-order valence-electron chi connectivity index (χ0n) is 13.6. The smallest absolute Gasteiger partial charge is 0.261 e. The normalized spacial score (nSPS) is 14.1. The molecule has 128 valence electrons. The molecule has 0 N–H and O–H groups in total. The summed E-state index contributed by atoms with van der Waals surface area (Å²) in [4.78, 5) is 25.6. The molecule has 0 saturated carbocycles. The van der Waals surface area contributed by atoms with Crippen molar-refractivity contribution < 1.29 is 18.0 Å². The fourth-order valence-corrected chi connectivity index (χ4v) is 3.71. The quantitative estimate of drug-likeness (QED) is 0.404. The minimum atomic E-state index is -3.34.